The molecule has 1 aliphatic rings. The molecule has 1 aliphatic heterocycles. The van der Waals surface area contributed by atoms with E-state index in [4.69, 9.17) is 10.5 Å². The predicted molar refractivity (Wildman–Crippen MR) is 68.0 cm³/mol. The lowest BCUT2D eigenvalue weighted by atomic mass is 9.94. The van der Waals surface area contributed by atoms with E-state index < -0.39 is 0 Å². The van der Waals surface area contributed by atoms with E-state index in [0.29, 0.717) is 5.82 Å². The van der Waals surface area contributed by atoms with Crippen LogP contribution in [0.1, 0.15) is 25.3 Å². The van der Waals surface area contributed by atoms with Crippen LogP contribution in [0.3, 0.4) is 0 Å². The molecule has 1 fully saturated rings. The first-order valence-electron chi connectivity index (χ1n) is 5.93. The van der Waals surface area contributed by atoms with Crippen LogP contribution in [0, 0.1) is 6.92 Å². The summed E-state index contributed by atoms with van der Waals surface area (Å²) in [6.07, 6.45) is 3.71. The van der Waals surface area contributed by atoms with Crippen molar-refractivity contribution in [1.29, 1.82) is 0 Å². The van der Waals surface area contributed by atoms with Gasteiger partial charge in [-0.2, -0.15) is 0 Å². The van der Waals surface area contributed by atoms with E-state index in [1.807, 2.05) is 6.92 Å². The van der Waals surface area contributed by atoms with Gasteiger partial charge < -0.3 is 15.4 Å². The molecule has 5 heteroatoms. The number of hydrogen-bond acceptors (Lipinski definition) is 5. The van der Waals surface area contributed by atoms with Crippen molar-refractivity contribution in [2.75, 3.05) is 30.8 Å². The molecule has 94 valence electrons. The Morgan fingerprint density at radius 3 is 2.94 bits per heavy atom. The third-order valence-corrected chi connectivity index (χ3v) is 3.55. The number of nitrogen functional groups attached to an aromatic ring is 1. The maximum absolute atomic E-state index is 5.82. The highest BCUT2D eigenvalue weighted by Gasteiger charge is 2.32. The first kappa shape index (κ1) is 12.1. The lowest BCUT2D eigenvalue weighted by molar-refractivity contribution is -0.00483. The van der Waals surface area contributed by atoms with Crippen molar-refractivity contribution in [2.24, 2.45) is 0 Å². The van der Waals surface area contributed by atoms with Crippen molar-refractivity contribution < 1.29 is 4.74 Å². The molecule has 2 heterocycles. The van der Waals surface area contributed by atoms with E-state index in [0.717, 1.165) is 37.3 Å². The molecule has 2 N–H and O–H groups in total. The van der Waals surface area contributed by atoms with E-state index in [1.165, 1.54) is 6.33 Å². The van der Waals surface area contributed by atoms with E-state index >= 15 is 0 Å². The molecule has 2 rings (SSSR count). The van der Waals surface area contributed by atoms with Crippen molar-refractivity contribution in [2.45, 2.75) is 32.3 Å². The van der Waals surface area contributed by atoms with E-state index in [1.54, 1.807) is 7.11 Å². The van der Waals surface area contributed by atoms with Gasteiger partial charge in [0.25, 0.3) is 0 Å². The van der Waals surface area contributed by atoms with Crippen LogP contribution in [0.15, 0.2) is 6.33 Å². The number of aromatic nitrogens is 2. The molecule has 0 radical (unpaired) electrons. The average Bonchev–Trinajstić information content (AvgIpc) is 2.33. The van der Waals surface area contributed by atoms with Gasteiger partial charge in [0.05, 0.1) is 5.60 Å². The number of nitrogens with zero attached hydrogens (tertiary/aromatic N) is 3. The van der Waals surface area contributed by atoms with E-state index in [9.17, 15) is 0 Å². The lowest BCUT2D eigenvalue weighted by Crippen LogP contribution is -2.48. The summed E-state index contributed by atoms with van der Waals surface area (Å²) in [5.41, 5.74) is 6.68. The number of ether oxygens (including phenoxy) is 1. The van der Waals surface area contributed by atoms with Crippen LogP contribution in [0.5, 0.6) is 0 Å². The molecule has 0 amide bonds. The average molecular weight is 236 g/mol. The van der Waals surface area contributed by atoms with Crippen molar-refractivity contribution in [1.82, 2.24) is 9.97 Å². The van der Waals surface area contributed by atoms with Gasteiger partial charge in [-0.05, 0) is 26.7 Å². The number of anilines is 2. The van der Waals surface area contributed by atoms with Gasteiger partial charge in [-0.25, -0.2) is 9.97 Å². The lowest BCUT2D eigenvalue weighted by Gasteiger charge is -2.40. The summed E-state index contributed by atoms with van der Waals surface area (Å²) in [5.74, 6) is 1.49. The van der Waals surface area contributed by atoms with Crippen LogP contribution in [0.2, 0.25) is 0 Å². The molecule has 0 aromatic carbocycles. The van der Waals surface area contributed by atoms with Gasteiger partial charge in [0.1, 0.15) is 18.0 Å². The van der Waals surface area contributed by atoms with Crippen LogP contribution >= 0.6 is 0 Å². The maximum Gasteiger partial charge on any atom is 0.137 e. The smallest absolute Gasteiger partial charge is 0.137 e. The highest BCUT2D eigenvalue weighted by Crippen LogP contribution is 2.29. The normalized spacial score (nSPS) is 25.0. The summed E-state index contributed by atoms with van der Waals surface area (Å²) < 4.78 is 5.58. The van der Waals surface area contributed by atoms with Gasteiger partial charge in [-0.3, -0.25) is 0 Å². The zero-order chi connectivity index (χ0) is 12.5. The second-order valence-corrected chi connectivity index (χ2v) is 4.89. The van der Waals surface area contributed by atoms with Crippen molar-refractivity contribution in [3.8, 4) is 0 Å². The minimum Gasteiger partial charge on any atom is -0.383 e. The van der Waals surface area contributed by atoms with Gasteiger partial charge in [-0.15, -0.1) is 0 Å². The van der Waals surface area contributed by atoms with Crippen molar-refractivity contribution in [3.63, 3.8) is 0 Å². The second-order valence-electron chi connectivity index (χ2n) is 4.89. The third kappa shape index (κ3) is 2.34. The maximum atomic E-state index is 5.82. The van der Waals surface area contributed by atoms with Crippen molar-refractivity contribution in [3.05, 3.63) is 11.9 Å². The highest BCUT2D eigenvalue weighted by molar-refractivity contribution is 5.56. The van der Waals surface area contributed by atoms with Crippen molar-refractivity contribution >= 4 is 11.6 Å². The Hall–Kier alpha value is -1.36. The summed E-state index contributed by atoms with van der Waals surface area (Å²) in [6, 6.07) is 0. The molecule has 0 aliphatic carbocycles. The minimum atomic E-state index is -0.0929. The Morgan fingerprint density at radius 2 is 2.24 bits per heavy atom. The second kappa shape index (κ2) is 4.49. The fourth-order valence-corrected chi connectivity index (χ4v) is 2.33. The molecule has 1 saturated heterocycles. The zero-order valence-electron chi connectivity index (χ0n) is 10.7. The molecular formula is C12H20N4O. The van der Waals surface area contributed by atoms with Gasteiger partial charge in [-0.1, -0.05) is 0 Å². The number of nitrogens with two attached hydrogens (primary N) is 1. The number of hydrogen-bond donors (Lipinski definition) is 1. The Bertz CT molecular complexity index is 409. The Balaban J connectivity index is 2.25. The van der Waals surface area contributed by atoms with Gasteiger partial charge in [0.2, 0.25) is 0 Å². The molecule has 0 spiro atoms. The Morgan fingerprint density at radius 1 is 1.47 bits per heavy atom. The molecule has 1 aromatic heterocycles. The molecule has 0 saturated carbocycles. The van der Waals surface area contributed by atoms with Crippen LogP contribution in [-0.2, 0) is 4.74 Å². The van der Waals surface area contributed by atoms with Crippen LogP contribution in [-0.4, -0.2) is 35.8 Å². The van der Waals surface area contributed by atoms with Gasteiger partial charge >= 0.3 is 0 Å². The Kier molecular flexibility index (Phi) is 3.19. The number of rotatable bonds is 2. The number of methoxy groups -OCH3 is 1. The minimum absolute atomic E-state index is 0.0929. The molecule has 5 nitrogen and oxygen atoms in total. The SMILES string of the molecule is COC1(C)CCCN(c2ncnc(N)c2C)C1. The first-order chi connectivity index (χ1) is 8.06. The van der Waals surface area contributed by atoms with Gasteiger partial charge in [0, 0.05) is 25.8 Å². The Labute approximate surface area is 102 Å². The largest absolute Gasteiger partial charge is 0.383 e. The quantitative estimate of drug-likeness (QED) is 0.840. The molecule has 1 unspecified atom stereocenters. The summed E-state index contributed by atoms with van der Waals surface area (Å²) in [7, 11) is 1.77. The standard InChI is InChI=1S/C12H20N4O/c1-9-10(13)14-8-15-11(9)16-6-4-5-12(2,7-16)17-3/h8H,4-7H2,1-3H3,(H2,13,14,15). The summed E-state index contributed by atoms with van der Waals surface area (Å²) in [6.45, 7) is 5.94. The molecule has 1 aromatic rings. The van der Waals surface area contributed by atoms with E-state index in [-0.39, 0.29) is 5.60 Å². The monoisotopic (exact) mass is 236 g/mol. The molecule has 17 heavy (non-hydrogen) atoms. The van der Waals surface area contributed by atoms with Crippen LogP contribution in [0.25, 0.3) is 0 Å². The summed E-state index contributed by atoms with van der Waals surface area (Å²) in [5, 5.41) is 0. The highest BCUT2D eigenvalue weighted by atomic mass is 16.5. The van der Waals surface area contributed by atoms with E-state index in [2.05, 4.69) is 21.8 Å². The summed E-state index contributed by atoms with van der Waals surface area (Å²) >= 11 is 0. The van der Waals surface area contributed by atoms with Crippen LogP contribution in [0.4, 0.5) is 11.6 Å². The fourth-order valence-electron chi connectivity index (χ4n) is 2.33. The zero-order valence-corrected chi connectivity index (χ0v) is 10.7. The predicted octanol–water partition coefficient (Wildman–Crippen LogP) is 1.37. The molecule has 1 atom stereocenters. The first-order valence-corrected chi connectivity index (χ1v) is 5.93. The van der Waals surface area contributed by atoms with Gasteiger partial charge in [0.15, 0.2) is 0 Å². The van der Waals surface area contributed by atoms with Crippen LogP contribution < -0.4 is 10.6 Å². The fraction of sp³-hybridized carbons (Fsp3) is 0.667. The molecule has 0 bridgehead atoms. The molecular weight excluding hydrogens is 216 g/mol. The number of piperidine rings is 1. The third-order valence-electron chi connectivity index (χ3n) is 3.55. The summed E-state index contributed by atoms with van der Waals surface area (Å²) in [4.78, 5) is 10.6. The topological polar surface area (TPSA) is 64.3 Å².